The third kappa shape index (κ3) is 3.56. The maximum atomic E-state index is 12.0. The van der Waals surface area contributed by atoms with Gasteiger partial charge in [0, 0.05) is 16.2 Å². The average Bonchev–Trinajstić information content (AvgIpc) is 2.83. The monoisotopic (exact) mass is 336 g/mol. The van der Waals surface area contributed by atoms with Gasteiger partial charge < -0.3 is 10.1 Å². The van der Waals surface area contributed by atoms with Crippen molar-refractivity contribution in [3.8, 4) is 11.8 Å². The van der Waals surface area contributed by atoms with Gasteiger partial charge in [-0.05, 0) is 39.5 Å². The number of nitrogens with zero attached hydrogens (tertiary/aromatic N) is 1. The normalized spacial score (nSPS) is 9.68. The summed E-state index contributed by atoms with van der Waals surface area (Å²) in [6, 6.07) is 10.6. The highest BCUT2D eigenvalue weighted by Crippen LogP contribution is 2.24. The van der Waals surface area contributed by atoms with Crippen LogP contribution in [0.15, 0.2) is 40.2 Å². The minimum absolute atomic E-state index is 0.0200. The summed E-state index contributed by atoms with van der Waals surface area (Å²) in [5.74, 6) is 0.365. The molecule has 0 aliphatic heterocycles. The Morgan fingerprint density at radius 1 is 1.47 bits per heavy atom. The Labute approximate surface area is 122 Å². The SMILES string of the molecule is N#CCOc1cccc(NC(=O)c2sccc2Br)c1. The van der Waals surface area contributed by atoms with Crippen LogP contribution in [0, 0.1) is 11.3 Å². The molecule has 2 aromatic rings. The third-order valence-electron chi connectivity index (χ3n) is 2.22. The van der Waals surface area contributed by atoms with Crippen LogP contribution in [-0.4, -0.2) is 12.5 Å². The van der Waals surface area contributed by atoms with E-state index in [1.54, 1.807) is 24.3 Å². The van der Waals surface area contributed by atoms with Gasteiger partial charge in [-0.25, -0.2) is 0 Å². The van der Waals surface area contributed by atoms with Gasteiger partial charge in [0.25, 0.3) is 5.91 Å². The number of thiophene rings is 1. The number of anilines is 1. The van der Waals surface area contributed by atoms with Crippen molar-refractivity contribution in [1.29, 1.82) is 5.26 Å². The van der Waals surface area contributed by atoms with Crippen LogP contribution in [0.4, 0.5) is 5.69 Å². The molecule has 19 heavy (non-hydrogen) atoms. The smallest absolute Gasteiger partial charge is 0.266 e. The summed E-state index contributed by atoms with van der Waals surface area (Å²) in [7, 11) is 0. The number of nitriles is 1. The molecule has 1 amide bonds. The van der Waals surface area contributed by atoms with E-state index in [0.29, 0.717) is 16.3 Å². The van der Waals surface area contributed by atoms with Gasteiger partial charge in [0.1, 0.15) is 16.7 Å². The molecule has 1 aromatic heterocycles. The minimum atomic E-state index is -0.181. The Hall–Kier alpha value is -1.84. The highest BCUT2D eigenvalue weighted by molar-refractivity contribution is 9.10. The molecule has 6 heteroatoms. The Kier molecular flexibility index (Phi) is 4.55. The topological polar surface area (TPSA) is 62.1 Å². The molecule has 0 unspecified atom stereocenters. The van der Waals surface area contributed by atoms with Crippen molar-refractivity contribution in [3.63, 3.8) is 0 Å². The standard InChI is InChI=1S/C13H9BrN2O2S/c14-11-4-7-19-12(11)13(17)16-9-2-1-3-10(8-9)18-6-5-15/h1-4,7-8H,6H2,(H,16,17). The van der Waals surface area contributed by atoms with Crippen LogP contribution >= 0.6 is 27.3 Å². The fourth-order valence-corrected chi connectivity index (χ4v) is 2.87. The van der Waals surface area contributed by atoms with Crippen molar-refractivity contribution in [3.05, 3.63) is 45.1 Å². The van der Waals surface area contributed by atoms with Crippen molar-refractivity contribution in [2.75, 3.05) is 11.9 Å². The zero-order valence-electron chi connectivity index (χ0n) is 9.72. The Balaban J connectivity index is 2.09. The van der Waals surface area contributed by atoms with E-state index >= 15 is 0 Å². The second kappa shape index (κ2) is 6.36. The zero-order valence-corrected chi connectivity index (χ0v) is 12.1. The molecule has 0 aliphatic carbocycles. The number of halogens is 1. The van der Waals surface area contributed by atoms with E-state index in [4.69, 9.17) is 10.00 Å². The number of carbonyl (C=O) groups excluding carboxylic acids is 1. The van der Waals surface area contributed by atoms with Crippen LogP contribution in [0.5, 0.6) is 5.75 Å². The van der Waals surface area contributed by atoms with Gasteiger partial charge in [-0.15, -0.1) is 11.3 Å². The molecule has 0 bridgehead atoms. The summed E-state index contributed by atoms with van der Waals surface area (Å²) in [6.07, 6.45) is 0. The largest absolute Gasteiger partial charge is 0.479 e. The van der Waals surface area contributed by atoms with E-state index in [9.17, 15) is 4.79 Å². The van der Waals surface area contributed by atoms with Gasteiger partial charge in [-0.3, -0.25) is 4.79 Å². The molecule has 2 rings (SSSR count). The van der Waals surface area contributed by atoms with E-state index in [2.05, 4.69) is 21.2 Å². The summed E-state index contributed by atoms with van der Waals surface area (Å²) in [4.78, 5) is 12.6. The maximum absolute atomic E-state index is 12.0. The molecule has 0 saturated heterocycles. The Morgan fingerprint density at radius 2 is 2.32 bits per heavy atom. The van der Waals surface area contributed by atoms with Gasteiger partial charge in [0.05, 0.1) is 0 Å². The van der Waals surface area contributed by atoms with Crippen LogP contribution in [0.3, 0.4) is 0 Å². The molecule has 0 aliphatic rings. The van der Waals surface area contributed by atoms with Gasteiger partial charge in [0.15, 0.2) is 6.61 Å². The lowest BCUT2D eigenvalue weighted by Gasteiger charge is -2.06. The van der Waals surface area contributed by atoms with E-state index in [1.165, 1.54) is 11.3 Å². The van der Waals surface area contributed by atoms with Crippen LogP contribution in [0.25, 0.3) is 0 Å². The summed E-state index contributed by atoms with van der Waals surface area (Å²) < 4.78 is 5.94. The molecular formula is C13H9BrN2O2S. The van der Waals surface area contributed by atoms with E-state index < -0.39 is 0 Å². The van der Waals surface area contributed by atoms with Gasteiger partial charge in [-0.2, -0.15) is 5.26 Å². The third-order valence-corrected chi connectivity index (χ3v) is 4.06. The van der Waals surface area contributed by atoms with E-state index in [-0.39, 0.29) is 12.5 Å². The fourth-order valence-electron chi connectivity index (χ4n) is 1.42. The first-order chi connectivity index (χ1) is 9.20. The lowest BCUT2D eigenvalue weighted by Crippen LogP contribution is -2.10. The molecule has 96 valence electrons. The predicted molar refractivity (Wildman–Crippen MR) is 77.5 cm³/mol. The number of nitrogens with one attached hydrogen (secondary N) is 1. The number of ether oxygens (including phenoxy) is 1. The van der Waals surface area contributed by atoms with Crippen LogP contribution in [0.2, 0.25) is 0 Å². The number of rotatable bonds is 4. The average molecular weight is 337 g/mol. The molecule has 0 fully saturated rings. The molecule has 0 atom stereocenters. The van der Waals surface area contributed by atoms with Gasteiger partial charge in [-0.1, -0.05) is 6.07 Å². The summed E-state index contributed by atoms with van der Waals surface area (Å²) in [5.41, 5.74) is 0.626. The first-order valence-corrected chi connectivity index (χ1v) is 7.02. The first-order valence-electron chi connectivity index (χ1n) is 5.35. The number of amides is 1. The van der Waals surface area contributed by atoms with Gasteiger partial charge >= 0.3 is 0 Å². The van der Waals surface area contributed by atoms with Crippen LogP contribution in [-0.2, 0) is 0 Å². The predicted octanol–water partition coefficient (Wildman–Crippen LogP) is 3.67. The molecule has 1 heterocycles. The molecule has 4 nitrogen and oxygen atoms in total. The molecule has 0 saturated carbocycles. The second-order valence-electron chi connectivity index (χ2n) is 3.53. The summed E-state index contributed by atoms with van der Waals surface area (Å²) in [5, 5.41) is 13.1. The Bertz CT molecular complexity index is 634. The minimum Gasteiger partial charge on any atom is -0.479 e. The quantitative estimate of drug-likeness (QED) is 0.926. The van der Waals surface area contributed by atoms with Crippen molar-refractivity contribution < 1.29 is 9.53 Å². The zero-order chi connectivity index (χ0) is 13.7. The number of benzene rings is 1. The lowest BCUT2D eigenvalue weighted by atomic mass is 10.3. The second-order valence-corrected chi connectivity index (χ2v) is 5.30. The van der Waals surface area contributed by atoms with Crippen molar-refractivity contribution in [1.82, 2.24) is 0 Å². The maximum Gasteiger partial charge on any atom is 0.266 e. The number of carbonyl (C=O) groups is 1. The molecule has 0 radical (unpaired) electrons. The van der Waals surface area contributed by atoms with Crippen molar-refractivity contribution >= 4 is 38.9 Å². The molecule has 0 spiro atoms. The number of hydrogen-bond donors (Lipinski definition) is 1. The van der Waals surface area contributed by atoms with Crippen molar-refractivity contribution in [2.45, 2.75) is 0 Å². The lowest BCUT2D eigenvalue weighted by molar-refractivity contribution is 0.103. The van der Waals surface area contributed by atoms with Crippen LogP contribution < -0.4 is 10.1 Å². The summed E-state index contributed by atoms with van der Waals surface area (Å²) in [6.45, 7) is -0.0200. The molecular weight excluding hydrogens is 328 g/mol. The van der Waals surface area contributed by atoms with Gasteiger partial charge in [0.2, 0.25) is 0 Å². The summed E-state index contributed by atoms with van der Waals surface area (Å²) >= 11 is 4.68. The highest BCUT2D eigenvalue weighted by atomic mass is 79.9. The van der Waals surface area contributed by atoms with Crippen LogP contribution in [0.1, 0.15) is 9.67 Å². The fraction of sp³-hybridized carbons (Fsp3) is 0.0769. The number of hydrogen-bond acceptors (Lipinski definition) is 4. The molecule has 1 aromatic carbocycles. The van der Waals surface area contributed by atoms with E-state index in [0.717, 1.165) is 4.47 Å². The Morgan fingerprint density at radius 3 is 3.00 bits per heavy atom. The molecule has 1 N–H and O–H groups in total. The highest BCUT2D eigenvalue weighted by Gasteiger charge is 2.11. The van der Waals surface area contributed by atoms with E-state index in [1.807, 2.05) is 17.5 Å². The van der Waals surface area contributed by atoms with Crippen molar-refractivity contribution in [2.24, 2.45) is 0 Å². The first kappa shape index (κ1) is 13.6.